The van der Waals surface area contributed by atoms with Crippen molar-refractivity contribution in [2.75, 3.05) is 5.32 Å². The zero-order valence-electron chi connectivity index (χ0n) is 10.7. The van der Waals surface area contributed by atoms with Crippen LogP contribution in [0.3, 0.4) is 0 Å². The smallest absolute Gasteiger partial charge is 0.258 e. The van der Waals surface area contributed by atoms with Crippen molar-refractivity contribution in [2.45, 2.75) is 6.92 Å². The second kappa shape index (κ2) is 5.77. The number of rotatable bonds is 2. The number of aromatic hydroxyl groups is 1. The van der Waals surface area contributed by atoms with Crippen molar-refractivity contribution in [3.8, 4) is 5.75 Å². The number of phenolic OH excluding ortho intramolecular Hbond substituents is 1. The first-order chi connectivity index (χ1) is 9.81. The van der Waals surface area contributed by atoms with E-state index in [9.17, 15) is 18.0 Å². The normalized spacial score (nSPS) is 10.5. The summed E-state index contributed by atoms with van der Waals surface area (Å²) in [5.74, 6) is -7.30. The third-order valence-corrected chi connectivity index (χ3v) is 3.41. The van der Waals surface area contributed by atoms with Crippen LogP contribution in [0.1, 0.15) is 15.9 Å². The molecule has 0 heterocycles. The van der Waals surface area contributed by atoms with E-state index < -0.39 is 34.7 Å². The fourth-order valence-electron chi connectivity index (χ4n) is 1.67. The topological polar surface area (TPSA) is 49.3 Å². The third kappa shape index (κ3) is 3.02. The second-order valence-electron chi connectivity index (χ2n) is 4.32. The lowest BCUT2D eigenvalue weighted by molar-refractivity contribution is 0.102. The summed E-state index contributed by atoms with van der Waals surface area (Å²) in [6, 6.07) is 5.38. The molecule has 0 aliphatic rings. The molecule has 1 amide bonds. The highest BCUT2D eigenvalue weighted by molar-refractivity contribution is 9.10. The number of carbonyl (C=O) groups excluding carboxylic acids is 1. The van der Waals surface area contributed by atoms with Gasteiger partial charge in [-0.2, -0.15) is 4.39 Å². The van der Waals surface area contributed by atoms with E-state index in [-0.39, 0.29) is 0 Å². The highest BCUT2D eigenvalue weighted by atomic mass is 79.9. The third-order valence-electron chi connectivity index (χ3n) is 2.75. The van der Waals surface area contributed by atoms with E-state index >= 15 is 0 Å². The highest BCUT2D eigenvalue weighted by Gasteiger charge is 2.22. The van der Waals surface area contributed by atoms with Crippen LogP contribution in [-0.2, 0) is 0 Å². The number of benzene rings is 2. The molecule has 110 valence electrons. The maximum Gasteiger partial charge on any atom is 0.258 e. The van der Waals surface area contributed by atoms with Crippen molar-refractivity contribution in [1.82, 2.24) is 0 Å². The van der Waals surface area contributed by atoms with E-state index in [0.717, 1.165) is 5.56 Å². The highest BCUT2D eigenvalue weighted by Crippen LogP contribution is 2.28. The van der Waals surface area contributed by atoms with Crippen molar-refractivity contribution in [3.63, 3.8) is 0 Å². The summed E-state index contributed by atoms with van der Waals surface area (Å²) in [7, 11) is 0. The molecule has 21 heavy (non-hydrogen) atoms. The molecule has 2 aromatic rings. The summed E-state index contributed by atoms with van der Waals surface area (Å²) in [5.41, 5.74) is 0.463. The van der Waals surface area contributed by atoms with Crippen molar-refractivity contribution in [1.29, 1.82) is 0 Å². The molecule has 7 heteroatoms. The van der Waals surface area contributed by atoms with Crippen LogP contribution in [0.5, 0.6) is 5.75 Å². The van der Waals surface area contributed by atoms with Gasteiger partial charge in [-0.3, -0.25) is 4.79 Å². The Morgan fingerprint density at radius 2 is 1.86 bits per heavy atom. The van der Waals surface area contributed by atoms with Gasteiger partial charge in [0.25, 0.3) is 5.91 Å². The molecule has 3 nitrogen and oxygen atoms in total. The molecular formula is C14H9BrF3NO2. The molecule has 0 saturated carbocycles. The number of carbonyl (C=O) groups is 1. The minimum atomic E-state index is -1.74. The molecule has 0 bridgehead atoms. The van der Waals surface area contributed by atoms with Gasteiger partial charge < -0.3 is 10.4 Å². The number of phenols is 1. The summed E-state index contributed by atoms with van der Waals surface area (Å²) >= 11 is 3.22. The number of amides is 1. The van der Waals surface area contributed by atoms with E-state index in [0.29, 0.717) is 16.2 Å². The van der Waals surface area contributed by atoms with Crippen LogP contribution < -0.4 is 5.32 Å². The van der Waals surface area contributed by atoms with Crippen LogP contribution in [0, 0.1) is 24.4 Å². The molecule has 2 aromatic carbocycles. The SMILES string of the molecule is Cc1ccc(NC(=O)c2cc(F)c(F)c(O)c2F)c(Br)c1. The fraction of sp³-hybridized carbons (Fsp3) is 0.0714. The molecule has 0 aromatic heterocycles. The Hall–Kier alpha value is -2.02. The monoisotopic (exact) mass is 359 g/mol. The molecule has 0 radical (unpaired) electrons. The first-order valence-electron chi connectivity index (χ1n) is 5.75. The molecule has 2 N–H and O–H groups in total. The average Bonchev–Trinajstić information content (AvgIpc) is 2.43. The minimum absolute atomic E-state index is 0.328. The zero-order chi connectivity index (χ0) is 15.7. The van der Waals surface area contributed by atoms with E-state index in [4.69, 9.17) is 5.11 Å². The van der Waals surface area contributed by atoms with E-state index in [2.05, 4.69) is 21.2 Å². The van der Waals surface area contributed by atoms with Gasteiger partial charge in [-0.1, -0.05) is 6.07 Å². The molecule has 2 rings (SSSR count). The van der Waals surface area contributed by atoms with Gasteiger partial charge >= 0.3 is 0 Å². The standard InChI is InChI=1S/C14H9BrF3NO2/c1-6-2-3-10(8(15)4-6)19-14(21)7-5-9(16)12(18)13(20)11(7)17/h2-5,20H,1H3,(H,19,21). The Balaban J connectivity index is 2.37. The Morgan fingerprint density at radius 3 is 2.48 bits per heavy atom. The van der Waals surface area contributed by atoms with Gasteiger partial charge in [0.05, 0.1) is 11.3 Å². The van der Waals surface area contributed by atoms with Crippen LogP contribution in [0.2, 0.25) is 0 Å². The van der Waals surface area contributed by atoms with Crippen molar-refractivity contribution >= 4 is 27.5 Å². The first kappa shape index (κ1) is 15.4. The fourth-order valence-corrected chi connectivity index (χ4v) is 2.26. The van der Waals surface area contributed by atoms with Crippen molar-refractivity contribution < 1.29 is 23.1 Å². The zero-order valence-corrected chi connectivity index (χ0v) is 12.3. The Bertz CT molecular complexity index is 735. The average molecular weight is 360 g/mol. The predicted molar refractivity (Wildman–Crippen MR) is 74.8 cm³/mol. The van der Waals surface area contributed by atoms with Crippen LogP contribution in [0.25, 0.3) is 0 Å². The lowest BCUT2D eigenvalue weighted by Crippen LogP contribution is -2.15. The van der Waals surface area contributed by atoms with Gasteiger partial charge in [-0.05, 0) is 46.6 Å². The molecule has 0 fully saturated rings. The predicted octanol–water partition coefficient (Wildman–Crippen LogP) is 4.13. The maximum atomic E-state index is 13.6. The van der Waals surface area contributed by atoms with Gasteiger partial charge in [0, 0.05) is 4.47 Å². The number of hydrogen-bond donors (Lipinski definition) is 2. The van der Waals surface area contributed by atoms with Crippen molar-refractivity contribution in [3.05, 3.63) is 57.3 Å². The number of anilines is 1. The molecule has 0 saturated heterocycles. The molecule has 0 atom stereocenters. The van der Waals surface area contributed by atoms with Gasteiger partial charge in [-0.25, -0.2) is 8.78 Å². The summed E-state index contributed by atoms with van der Waals surface area (Å²) < 4.78 is 40.3. The van der Waals surface area contributed by atoms with Gasteiger partial charge in [0.15, 0.2) is 17.4 Å². The molecule has 0 spiro atoms. The summed E-state index contributed by atoms with van der Waals surface area (Å²) in [6.45, 7) is 1.84. The Morgan fingerprint density at radius 1 is 1.19 bits per heavy atom. The molecule has 0 aliphatic heterocycles. The quantitative estimate of drug-likeness (QED) is 0.792. The number of hydrogen-bond acceptors (Lipinski definition) is 2. The Kier molecular flexibility index (Phi) is 4.22. The summed E-state index contributed by atoms with van der Waals surface area (Å²) in [4.78, 5) is 11.9. The molecule has 0 aliphatic carbocycles. The van der Waals surface area contributed by atoms with Crippen LogP contribution in [0.4, 0.5) is 18.9 Å². The van der Waals surface area contributed by atoms with Crippen molar-refractivity contribution in [2.24, 2.45) is 0 Å². The molecule has 0 unspecified atom stereocenters. The lowest BCUT2D eigenvalue weighted by atomic mass is 10.1. The van der Waals surface area contributed by atoms with E-state index in [1.807, 2.05) is 6.92 Å². The summed E-state index contributed by atoms with van der Waals surface area (Å²) in [6.07, 6.45) is 0. The lowest BCUT2D eigenvalue weighted by Gasteiger charge is -2.10. The van der Waals surface area contributed by atoms with E-state index in [1.54, 1.807) is 18.2 Å². The maximum absolute atomic E-state index is 13.6. The number of aryl methyl sites for hydroxylation is 1. The molecular weight excluding hydrogens is 351 g/mol. The van der Waals surface area contributed by atoms with E-state index in [1.165, 1.54) is 0 Å². The minimum Gasteiger partial charge on any atom is -0.503 e. The van der Waals surface area contributed by atoms with Crippen LogP contribution >= 0.6 is 15.9 Å². The Labute approximate surface area is 126 Å². The van der Waals surface area contributed by atoms with Gasteiger partial charge in [-0.15, -0.1) is 0 Å². The largest absolute Gasteiger partial charge is 0.503 e. The van der Waals surface area contributed by atoms with Crippen LogP contribution in [0.15, 0.2) is 28.7 Å². The summed E-state index contributed by atoms with van der Waals surface area (Å²) in [5, 5.41) is 11.4. The first-order valence-corrected chi connectivity index (χ1v) is 6.54. The van der Waals surface area contributed by atoms with Gasteiger partial charge in [0.1, 0.15) is 0 Å². The van der Waals surface area contributed by atoms with Gasteiger partial charge in [0.2, 0.25) is 5.82 Å². The number of nitrogens with one attached hydrogen (secondary N) is 1. The van der Waals surface area contributed by atoms with Crippen LogP contribution in [-0.4, -0.2) is 11.0 Å². The number of halogens is 4. The second-order valence-corrected chi connectivity index (χ2v) is 5.17.